The predicted molar refractivity (Wildman–Crippen MR) is 110 cm³/mol. The maximum atomic E-state index is 12.6. The molecule has 1 aromatic carbocycles. The molecule has 3 rings (SSSR count). The summed E-state index contributed by atoms with van der Waals surface area (Å²) < 4.78 is 27.8. The number of carbonyl (C=O) groups is 1. The largest absolute Gasteiger partial charge is 0.339 e. The third kappa shape index (κ3) is 4.63. The number of amides is 1. The van der Waals surface area contributed by atoms with E-state index in [4.69, 9.17) is 11.6 Å². The van der Waals surface area contributed by atoms with Gasteiger partial charge in [-0.05, 0) is 40.2 Å². The Kier molecular flexibility index (Phi) is 6.68. The average molecular weight is 496 g/mol. The molecule has 26 heavy (non-hydrogen) atoms. The number of benzene rings is 1. The van der Waals surface area contributed by atoms with Crippen molar-refractivity contribution < 1.29 is 13.2 Å². The molecule has 140 valence electrons. The summed E-state index contributed by atoms with van der Waals surface area (Å²) in [6, 6.07) is 10.7. The summed E-state index contributed by atoms with van der Waals surface area (Å²) in [6.07, 6.45) is 0. The molecule has 0 bridgehead atoms. The Labute approximate surface area is 174 Å². The number of hydrogen-bond acceptors (Lipinski definition) is 5. The molecule has 0 N–H and O–H groups in total. The second-order valence-electron chi connectivity index (χ2n) is 5.56. The lowest BCUT2D eigenvalue weighted by Gasteiger charge is -2.33. The van der Waals surface area contributed by atoms with Crippen LogP contribution in [0.15, 0.2) is 49.3 Å². The molecular weight excluding hydrogens is 480 g/mol. The second-order valence-corrected chi connectivity index (χ2v) is 11.6. The fraction of sp³-hybridized carbons (Fsp3) is 0.312. The van der Waals surface area contributed by atoms with Crippen LogP contribution in [0.5, 0.6) is 0 Å². The summed E-state index contributed by atoms with van der Waals surface area (Å²) in [6.45, 7) is 1.40. The predicted octanol–water partition coefficient (Wildman–Crippen LogP) is 3.79. The number of piperazine rings is 1. The van der Waals surface area contributed by atoms with Gasteiger partial charge in [-0.2, -0.15) is 4.31 Å². The molecule has 0 aliphatic carbocycles. The van der Waals surface area contributed by atoms with E-state index in [1.807, 2.05) is 18.2 Å². The molecule has 1 saturated heterocycles. The van der Waals surface area contributed by atoms with E-state index in [2.05, 4.69) is 15.9 Å². The van der Waals surface area contributed by atoms with E-state index in [0.717, 1.165) is 8.68 Å². The van der Waals surface area contributed by atoms with E-state index >= 15 is 0 Å². The monoisotopic (exact) mass is 494 g/mol. The van der Waals surface area contributed by atoms with Crippen molar-refractivity contribution in [1.29, 1.82) is 0 Å². The fourth-order valence-corrected chi connectivity index (χ4v) is 7.26. The minimum absolute atomic E-state index is 0.00849. The highest BCUT2D eigenvalue weighted by molar-refractivity contribution is 9.11. The first kappa shape index (κ1) is 20.2. The van der Waals surface area contributed by atoms with Gasteiger partial charge in [0.15, 0.2) is 0 Å². The minimum Gasteiger partial charge on any atom is -0.339 e. The summed E-state index contributed by atoms with van der Waals surface area (Å²) in [7, 11) is -3.49. The third-order valence-corrected chi connectivity index (χ3v) is 9.41. The maximum Gasteiger partial charge on any atom is 0.252 e. The van der Waals surface area contributed by atoms with Gasteiger partial charge in [-0.25, -0.2) is 8.42 Å². The van der Waals surface area contributed by atoms with E-state index in [9.17, 15) is 13.2 Å². The molecule has 0 unspecified atom stereocenters. The van der Waals surface area contributed by atoms with Crippen LogP contribution in [0.4, 0.5) is 0 Å². The van der Waals surface area contributed by atoms with Crippen molar-refractivity contribution in [3.8, 4) is 0 Å². The Morgan fingerprint density at radius 1 is 1.15 bits per heavy atom. The first-order chi connectivity index (χ1) is 12.4. The van der Waals surface area contributed by atoms with Crippen LogP contribution in [0.2, 0.25) is 5.02 Å². The number of carbonyl (C=O) groups excluding carboxylic acids is 1. The van der Waals surface area contributed by atoms with E-state index in [-0.39, 0.29) is 11.7 Å². The smallest absolute Gasteiger partial charge is 0.252 e. The molecule has 0 radical (unpaired) electrons. The summed E-state index contributed by atoms with van der Waals surface area (Å²) in [5, 5.41) is 0.628. The normalized spacial score (nSPS) is 16.0. The van der Waals surface area contributed by atoms with Gasteiger partial charge >= 0.3 is 0 Å². The second kappa shape index (κ2) is 8.62. The van der Waals surface area contributed by atoms with Gasteiger partial charge in [0.25, 0.3) is 10.0 Å². The molecule has 0 spiro atoms. The zero-order chi connectivity index (χ0) is 18.7. The molecular formula is C16H16BrClN2O3S3. The Morgan fingerprint density at radius 3 is 2.46 bits per heavy atom. The van der Waals surface area contributed by atoms with E-state index in [1.54, 1.807) is 23.1 Å². The first-order valence-corrected chi connectivity index (χ1v) is 12.2. The molecule has 10 heteroatoms. The Morgan fingerprint density at radius 2 is 1.85 bits per heavy atom. The standard InChI is InChI=1S/C16H16BrClN2O3S3/c17-14-5-6-16(25-14)26(22,23)20-9-7-19(8-10-20)15(21)11-24-13-4-2-1-3-12(13)18/h1-6H,7-11H2. The van der Waals surface area contributed by atoms with Gasteiger partial charge in [0.2, 0.25) is 5.91 Å². The van der Waals surface area contributed by atoms with E-state index in [1.165, 1.54) is 27.4 Å². The fourth-order valence-electron chi connectivity index (χ4n) is 2.53. The van der Waals surface area contributed by atoms with Crippen molar-refractivity contribution in [2.75, 3.05) is 31.9 Å². The van der Waals surface area contributed by atoms with Crippen molar-refractivity contribution in [1.82, 2.24) is 9.21 Å². The van der Waals surface area contributed by atoms with Gasteiger partial charge in [0, 0.05) is 31.1 Å². The highest BCUT2D eigenvalue weighted by atomic mass is 79.9. The SMILES string of the molecule is O=C(CSc1ccccc1Cl)N1CCN(S(=O)(=O)c2ccc(Br)s2)CC1. The molecule has 1 aromatic heterocycles. The first-order valence-electron chi connectivity index (χ1n) is 7.78. The number of sulfonamides is 1. The number of halogens is 2. The van der Waals surface area contributed by atoms with Gasteiger partial charge in [-0.15, -0.1) is 23.1 Å². The summed E-state index contributed by atoms with van der Waals surface area (Å²) in [5.41, 5.74) is 0. The van der Waals surface area contributed by atoms with Crippen LogP contribution in [0, 0.1) is 0 Å². The number of hydrogen-bond donors (Lipinski definition) is 0. The molecule has 2 aromatic rings. The lowest BCUT2D eigenvalue weighted by Crippen LogP contribution is -2.50. The van der Waals surface area contributed by atoms with Crippen LogP contribution < -0.4 is 0 Å². The third-order valence-electron chi connectivity index (χ3n) is 3.92. The zero-order valence-corrected chi connectivity index (χ0v) is 18.4. The zero-order valence-electron chi connectivity index (χ0n) is 13.6. The Hall–Kier alpha value is -0.580. The highest BCUT2D eigenvalue weighted by Gasteiger charge is 2.31. The van der Waals surface area contributed by atoms with Gasteiger partial charge in [0.05, 0.1) is 14.6 Å². The van der Waals surface area contributed by atoms with Crippen molar-refractivity contribution in [2.45, 2.75) is 9.10 Å². The number of thiophene rings is 1. The van der Waals surface area contributed by atoms with Gasteiger partial charge < -0.3 is 4.90 Å². The molecule has 2 heterocycles. The van der Waals surface area contributed by atoms with E-state index in [0.29, 0.717) is 35.4 Å². The van der Waals surface area contributed by atoms with Gasteiger partial charge in [-0.3, -0.25) is 4.79 Å². The van der Waals surface area contributed by atoms with Crippen LogP contribution in [-0.4, -0.2) is 55.5 Å². The molecule has 5 nitrogen and oxygen atoms in total. The topological polar surface area (TPSA) is 57.7 Å². The minimum atomic E-state index is -3.49. The number of thioether (sulfide) groups is 1. The summed E-state index contributed by atoms with van der Waals surface area (Å²) in [5.74, 6) is 0.278. The van der Waals surface area contributed by atoms with Crippen molar-refractivity contribution >= 4 is 66.6 Å². The number of rotatable bonds is 5. The molecule has 0 atom stereocenters. The van der Waals surface area contributed by atoms with Crippen molar-refractivity contribution in [3.63, 3.8) is 0 Å². The lowest BCUT2D eigenvalue weighted by molar-refractivity contribution is -0.129. The van der Waals surface area contributed by atoms with Crippen LogP contribution in [0.1, 0.15) is 0 Å². The summed E-state index contributed by atoms with van der Waals surface area (Å²) >= 11 is 12.0. The quantitative estimate of drug-likeness (QED) is 0.592. The van der Waals surface area contributed by atoms with Crippen LogP contribution in [0.3, 0.4) is 0 Å². The summed E-state index contributed by atoms with van der Waals surface area (Å²) in [4.78, 5) is 15.0. The molecule has 1 amide bonds. The van der Waals surface area contributed by atoms with Crippen molar-refractivity contribution in [3.05, 3.63) is 45.2 Å². The van der Waals surface area contributed by atoms with Crippen molar-refractivity contribution in [2.24, 2.45) is 0 Å². The number of nitrogens with zero attached hydrogens (tertiary/aromatic N) is 2. The Bertz CT molecular complexity index is 896. The van der Waals surface area contributed by atoms with Crippen LogP contribution in [-0.2, 0) is 14.8 Å². The highest BCUT2D eigenvalue weighted by Crippen LogP contribution is 2.29. The van der Waals surface area contributed by atoms with Crippen LogP contribution in [0.25, 0.3) is 0 Å². The maximum absolute atomic E-state index is 12.6. The molecule has 1 fully saturated rings. The van der Waals surface area contributed by atoms with E-state index < -0.39 is 10.0 Å². The van der Waals surface area contributed by atoms with Crippen LogP contribution >= 0.6 is 50.6 Å². The van der Waals surface area contributed by atoms with Gasteiger partial charge in [0.1, 0.15) is 4.21 Å². The Balaban J connectivity index is 1.55. The molecule has 1 aliphatic heterocycles. The molecule has 1 aliphatic rings. The lowest BCUT2D eigenvalue weighted by atomic mass is 10.3. The van der Waals surface area contributed by atoms with Gasteiger partial charge in [-0.1, -0.05) is 23.7 Å². The molecule has 0 saturated carbocycles. The average Bonchev–Trinajstić information content (AvgIpc) is 3.08.